The zero-order valence-electron chi connectivity index (χ0n) is 9.63. The maximum Gasteiger partial charge on any atom is 0.410 e. The quantitative estimate of drug-likeness (QED) is 0.837. The lowest BCUT2D eigenvalue weighted by atomic mass is 10.0. The lowest BCUT2D eigenvalue weighted by Crippen LogP contribution is -2.46. The molecule has 4 nitrogen and oxygen atoms in total. The van der Waals surface area contributed by atoms with Crippen LogP contribution in [0.15, 0.2) is 30.3 Å². The number of amides is 1. The Morgan fingerprint density at radius 1 is 1.35 bits per heavy atom. The third-order valence-electron chi connectivity index (χ3n) is 3.47. The van der Waals surface area contributed by atoms with E-state index in [4.69, 9.17) is 4.74 Å². The van der Waals surface area contributed by atoms with Gasteiger partial charge in [-0.05, 0) is 18.5 Å². The van der Waals surface area contributed by atoms with Gasteiger partial charge in [0.05, 0.1) is 6.04 Å². The van der Waals surface area contributed by atoms with Gasteiger partial charge in [0.2, 0.25) is 0 Å². The summed E-state index contributed by atoms with van der Waals surface area (Å²) in [5.74, 6) is 0. The maximum absolute atomic E-state index is 11.8. The van der Waals surface area contributed by atoms with E-state index in [0.717, 1.165) is 25.1 Å². The van der Waals surface area contributed by atoms with Gasteiger partial charge in [0.1, 0.15) is 6.10 Å². The Balaban J connectivity index is 1.76. The van der Waals surface area contributed by atoms with E-state index >= 15 is 0 Å². The van der Waals surface area contributed by atoms with Gasteiger partial charge in [-0.15, -0.1) is 0 Å². The highest BCUT2D eigenvalue weighted by Gasteiger charge is 2.42. The average molecular weight is 232 g/mol. The highest BCUT2D eigenvalue weighted by atomic mass is 16.6. The predicted octanol–water partition coefficient (Wildman–Crippen LogP) is 1.37. The second kappa shape index (κ2) is 4.37. The van der Waals surface area contributed by atoms with E-state index in [0.29, 0.717) is 6.54 Å². The molecule has 2 aliphatic heterocycles. The van der Waals surface area contributed by atoms with Crippen molar-refractivity contribution in [3.8, 4) is 0 Å². The van der Waals surface area contributed by atoms with Crippen LogP contribution in [0.2, 0.25) is 0 Å². The summed E-state index contributed by atoms with van der Waals surface area (Å²) in [5, 5.41) is 3.26. The van der Waals surface area contributed by atoms with Crippen molar-refractivity contribution in [1.29, 1.82) is 0 Å². The van der Waals surface area contributed by atoms with Crippen molar-refractivity contribution in [2.45, 2.75) is 25.1 Å². The molecule has 2 aliphatic rings. The summed E-state index contributed by atoms with van der Waals surface area (Å²) in [6.07, 6.45) is 0.830. The number of carbonyl (C=O) groups is 1. The van der Waals surface area contributed by atoms with E-state index in [1.165, 1.54) is 0 Å². The van der Waals surface area contributed by atoms with E-state index in [2.05, 4.69) is 5.32 Å². The van der Waals surface area contributed by atoms with Crippen LogP contribution in [0.1, 0.15) is 12.0 Å². The summed E-state index contributed by atoms with van der Waals surface area (Å²) >= 11 is 0. The van der Waals surface area contributed by atoms with Crippen molar-refractivity contribution in [2.24, 2.45) is 0 Å². The Kier molecular flexibility index (Phi) is 2.73. The van der Waals surface area contributed by atoms with Gasteiger partial charge in [0.25, 0.3) is 0 Å². The molecule has 1 amide bonds. The Morgan fingerprint density at radius 3 is 3.00 bits per heavy atom. The number of benzene rings is 1. The van der Waals surface area contributed by atoms with Gasteiger partial charge in [-0.25, -0.2) is 4.79 Å². The third-order valence-corrected chi connectivity index (χ3v) is 3.47. The van der Waals surface area contributed by atoms with Gasteiger partial charge in [0.15, 0.2) is 0 Å². The minimum absolute atomic E-state index is 0.0277. The van der Waals surface area contributed by atoms with Crippen LogP contribution in [-0.2, 0) is 11.3 Å². The van der Waals surface area contributed by atoms with Crippen LogP contribution >= 0.6 is 0 Å². The molecule has 0 spiro atoms. The van der Waals surface area contributed by atoms with Crippen molar-refractivity contribution in [2.75, 3.05) is 13.1 Å². The lowest BCUT2D eigenvalue weighted by Gasteiger charge is -2.28. The molecule has 90 valence electrons. The molecule has 0 saturated carbocycles. The fourth-order valence-corrected chi connectivity index (χ4v) is 2.59. The number of carbonyl (C=O) groups excluding carboxylic acids is 1. The first-order valence-electron chi connectivity index (χ1n) is 6.06. The molecular formula is C13H16N2O2. The molecule has 4 heteroatoms. The van der Waals surface area contributed by atoms with Gasteiger partial charge in [-0.3, -0.25) is 4.90 Å². The van der Waals surface area contributed by atoms with Crippen LogP contribution in [-0.4, -0.2) is 36.2 Å². The summed E-state index contributed by atoms with van der Waals surface area (Å²) in [7, 11) is 0. The number of rotatable bonds is 2. The van der Waals surface area contributed by atoms with Crippen LogP contribution in [0, 0.1) is 0 Å². The summed E-state index contributed by atoms with van der Waals surface area (Å²) < 4.78 is 5.37. The van der Waals surface area contributed by atoms with Gasteiger partial charge in [0, 0.05) is 13.1 Å². The Labute approximate surface area is 101 Å². The fourth-order valence-electron chi connectivity index (χ4n) is 2.59. The molecule has 0 bridgehead atoms. The topological polar surface area (TPSA) is 41.6 Å². The highest BCUT2D eigenvalue weighted by Crippen LogP contribution is 2.25. The van der Waals surface area contributed by atoms with Crippen LogP contribution in [0.4, 0.5) is 4.79 Å². The normalized spacial score (nSPS) is 27.8. The lowest BCUT2D eigenvalue weighted by molar-refractivity contribution is 0.121. The predicted molar refractivity (Wildman–Crippen MR) is 63.5 cm³/mol. The molecule has 2 saturated heterocycles. The SMILES string of the molecule is O=C1O[C@H]2CNCC[C@@H]2N1Cc1ccccc1. The van der Waals surface area contributed by atoms with Gasteiger partial charge in [-0.2, -0.15) is 0 Å². The van der Waals surface area contributed by atoms with Gasteiger partial charge in [-0.1, -0.05) is 30.3 Å². The van der Waals surface area contributed by atoms with Crippen LogP contribution in [0.3, 0.4) is 0 Å². The molecule has 2 atom stereocenters. The largest absolute Gasteiger partial charge is 0.443 e. The first kappa shape index (κ1) is 10.6. The average Bonchev–Trinajstić information content (AvgIpc) is 2.68. The van der Waals surface area contributed by atoms with E-state index in [1.54, 1.807) is 0 Å². The van der Waals surface area contributed by atoms with E-state index in [-0.39, 0.29) is 18.2 Å². The molecule has 0 unspecified atom stereocenters. The molecule has 1 N–H and O–H groups in total. The molecule has 17 heavy (non-hydrogen) atoms. The molecule has 2 heterocycles. The zero-order valence-corrected chi connectivity index (χ0v) is 9.63. The van der Waals surface area contributed by atoms with Gasteiger partial charge < -0.3 is 10.1 Å². The van der Waals surface area contributed by atoms with Crippen molar-refractivity contribution in [3.05, 3.63) is 35.9 Å². The Hall–Kier alpha value is -1.55. The number of piperidine rings is 1. The minimum atomic E-state index is -0.174. The number of hydrogen-bond donors (Lipinski definition) is 1. The molecule has 0 aromatic heterocycles. The van der Waals surface area contributed by atoms with Crippen LogP contribution in [0.25, 0.3) is 0 Å². The standard InChI is InChI=1S/C13H16N2O2/c16-13-15(9-10-4-2-1-3-5-10)11-6-7-14-8-12(11)17-13/h1-5,11-12,14H,6-9H2/t11-,12-/m0/s1. The number of ether oxygens (including phenoxy) is 1. The minimum Gasteiger partial charge on any atom is -0.443 e. The maximum atomic E-state index is 11.8. The molecular weight excluding hydrogens is 216 g/mol. The van der Waals surface area contributed by atoms with Gasteiger partial charge >= 0.3 is 6.09 Å². The second-order valence-corrected chi connectivity index (χ2v) is 4.60. The number of nitrogens with zero attached hydrogens (tertiary/aromatic N) is 1. The molecule has 2 fully saturated rings. The molecule has 0 radical (unpaired) electrons. The summed E-state index contributed by atoms with van der Waals surface area (Å²) in [5.41, 5.74) is 1.16. The van der Waals surface area contributed by atoms with E-state index in [1.807, 2.05) is 35.2 Å². The molecule has 3 rings (SSSR count). The summed E-state index contributed by atoms with van der Waals surface area (Å²) in [6.45, 7) is 2.39. The smallest absolute Gasteiger partial charge is 0.410 e. The second-order valence-electron chi connectivity index (χ2n) is 4.60. The number of hydrogen-bond acceptors (Lipinski definition) is 3. The molecule has 1 aromatic carbocycles. The monoisotopic (exact) mass is 232 g/mol. The Morgan fingerprint density at radius 2 is 2.18 bits per heavy atom. The number of fused-ring (bicyclic) bond motifs is 1. The summed E-state index contributed by atoms with van der Waals surface area (Å²) in [4.78, 5) is 13.7. The zero-order chi connectivity index (χ0) is 11.7. The molecule has 1 aromatic rings. The number of nitrogens with one attached hydrogen (secondary N) is 1. The third kappa shape index (κ3) is 2.00. The summed E-state index contributed by atoms with van der Waals surface area (Å²) in [6, 6.07) is 10.3. The first-order chi connectivity index (χ1) is 8.34. The van der Waals surface area contributed by atoms with E-state index in [9.17, 15) is 4.79 Å². The van der Waals surface area contributed by atoms with Crippen LogP contribution < -0.4 is 5.32 Å². The van der Waals surface area contributed by atoms with Crippen molar-refractivity contribution in [3.63, 3.8) is 0 Å². The van der Waals surface area contributed by atoms with E-state index < -0.39 is 0 Å². The Bertz CT molecular complexity index is 407. The first-order valence-corrected chi connectivity index (χ1v) is 6.06. The van der Waals surface area contributed by atoms with Crippen molar-refractivity contribution in [1.82, 2.24) is 10.2 Å². The molecule has 0 aliphatic carbocycles. The fraction of sp³-hybridized carbons (Fsp3) is 0.462. The van der Waals surface area contributed by atoms with Crippen LogP contribution in [0.5, 0.6) is 0 Å². The van der Waals surface area contributed by atoms with Crippen molar-refractivity contribution >= 4 is 6.09 Å². The van der Waals surface area contributed by atoms with Crippen molar-refractivity contribution < 1.29 is 9.53 Å². The highest BCUT2D eigenvalue weighted by molar-refractivity contribution is 5.70.